The molecule has 1 aromatic carbocycles. The zero-order valence-electron chi connectivity index (χ0n) is 13.4. The van der Waals surface area contributed by atoms with Crippen LogP contribution in [-0.4, -0.2) is 36.0 Å². The minimum absolute atomic E-state index is 0.0791. The third-order valence-electron chi connectivity index (χ3n) is 5.41. The molecule has 0 spiro atoms. The van der Waals surface area contributed by atoms with Crippen LogP contribution in [0.4, 0.5) is 4.39 Å². The number of nitrogens with zero attached hydrogens (tertiary/aromatic N) is 1. The summed E-state index contributed by atoms with van der Waals surface area (Å²) in [6.45, 7) is 1.92. The molecule has 2 atom stereocenters. The number of piperidine rings is 1. The van der Waals surface area contributed by atoms with E-state index < -0.39 is 0 Å². The van der Waals surface area contributed by atoms with Crippen LogP contribution in [0.2, 0.25) is 0 Å². The number of halogens is 1. The molecule has 2 saturated heterocycles. The third kappa shape index (κ3) is 2.56. The maximum atomic E-state index is 13.5. The lowest BCUT2D eigenvalue weighted by Gasteiger charge is -2.35. The Morgan fingerprint density at radius 1 is 1.30 bits per heavy atom. The number of amides is 1. The predicted octanol–water partition coefficient (Wildman–Crippen LogP) is 3.70. The molecule has 3 nitrogen and oxygen atoms in total. The van der Waals surface area contributed by atoms with Gasteiger partial charge in [-0.05, 0) is 61.8 Å². The Labute approximate surface area is 139 Å². The molecular formula is C18H21FN2OS. The summed E-state index contributed by atoms with van der Waals surface area (Å²) in [5.41, 5.74) is 0.901. The molecule has 3 heterocycles. The molecule has 1 aromatic heterocycles. The molecule has 5 heteroatoms. The van der Waals surface area contributed by atoms with Gasteiger partial charge in [0.25, 0.3) is 5.91 Å². The number of hydrogen-bond donors (Lipinski definition) is 1. The van der Waals surface area contributed by atoms with Gasteiger partial charge in [-0.25, -0.2) is 4.39 Å². The third-order valence-corrected chi connectivity index (χ3v) is 6.67. The average Bonchev–Trinajstić information content (AvgIpc) is 3.05. The number of nitrogens with one attached hydrogen (secondary N) is 1. The Morgan fingerprint density at radius 3 is 2.70 bits per heavy atom. The van der Waals surface area contributed by atoms with Crippen molar-refractivity contribution in [3.63, 3.8) is 0 Å². The molecule has 2 aliphatic rings. The van der Waals surface area contributed by atoms with Crippen molar-refractivity contribution >= 4 is 27.3 Å². The van der Waals surface area contributed by atoms with E-state index in [0.29, 0.717) is 18.1 Å². The van der Waals surface area contributed by atoms with Gasteiger partial charge in [-0.15, -0.1) is 11.3 Å². The quantitative estimate of drug-likeness (QED) is 0.909. The first-order chi connectivity index (χ1) is 11.0. The van der Waals surface area contributed by atoms with E-state index in [-0.39, 0.29) is 11.7 Å². The second kappa shape index (κ2) is 5.56. The van der Waals surface area contributed by atoms with Crippen LogP contribution in [-0.2, 0) is 0 Å². The van der Waals surface area contributed by atoms with Crippen molar-refractivity contribution in [2.45, 2.75) is 50.7 Å². The molecule has 0 radical (unpaired) electrons. The summed E-state index contributed by atoms with van der Waals surface area (Å²) in [6.07, 6.45) is 4.53. The molecule has 0 saturated carbocycles. The second-order valence-electron chi connectivity index (χ2n) is 6.88. The molecule has 4 rings (SSSR count). The molecule has 1 amide bonds. The minimum Gasteiger partial charge on any atom is -0.338 e. The van der Waals surface area contributed by atoms with E-state index in [1.54, 1.807) is 6.07 Å². The van der Waals surface area contributed by atoms with Gasteiger partial charge in [0.05, 0.1) is 4.88 Å². The number of carbonyl (C=O) groups excluding carboxylic acids is 1. The van der Waals surface area contributed by atoms with Crippen molar-refractivity contribution in [3.8, 4) is 0 Å². The van der Waals surface area contributed by atoms with Crippen LogP contribution in [0.1, 0.15) is 40.9 Å². The second-order valence-corrected chi connectivity index (χ2v) is 7.93. The van der Waals surface area contributed by atoms with E-state index >= 15 is 0 Å². The fraction of sp³-hybridized carbons (Fsp3) is 0.500. The monoisotopic (exact) mass is 332 g/mol. The summed E-state index contributed by atoms with van der Waals surface area (Å²) in [5.74, 6) is -0.170. The number of carbonyl (C=O) groups is 1. The topological polar surface area (TPSA) is 32.3 Å². The minimum atomic E-state index is -0.249. The van der Waals surface area contributed by atoms with E-state index in [0.717, 1.165) is 33.4 Å². The lowest BCUT2D eigenvalue weighted by Crippen LogP contribution is -2.48. The van der Waals surface area contributed by atoms with Crippen molar-refractivity contribution in [1.82, 2.24) is 10.2 Å². The van der Waals surface area contributed by atoms with E-state index in [2.05, 4.69) is 5.32 Å². The van der Waals surface area contributed by atoms with Gasteiger partial charge in [0, 0.05) is 29.9 Å². The Hall–Kier alpha value is -1.46. The first-order valence-electron chi connectivity index (χ1n) is 8.25. The summed E-state index contributed by atoms with van der Waals surface area (Å²) < 4.78 is 14.4. The number of thiophene rings is 1. The van der Waals surface area contributed by atoms with Crippen molar-refractivity contribution in [2.24, 2.45) is 0 Å². The Kier molecular flexibility index (Phi) is 3.65. The van der Waals surface area contributed by atoms with E-state index in [1.165, 1.54) is 36.3 Å². The van der Waals surface area contributed by atoms with Gasteiger partial charge in [0.2, 0.25) is 0 Å². The van der Waals surface area contributed by atoms with Crippen molar-refractivity contribution in [2.75, 3.05) is 7.05 Å². The summed E-state index contributed by atoms with van der Waals surface area (Å²) >= 11 is 1.48. The van der Waals surface area contributed by atoms with E-state index in [1.807, 2.05) is 18.9 Å². The van der Waals surface area contributed by atoms with Crippen LogP contribution in [0, 0.1) is 12.7 Å². The molecule has 2 aromatic rings. The normalized spacial score (nSPS) is 26.7. The van der Waals surface area contributed by atoms with Gasteiger partial charge in [-0.3, -0.25) is 4.79 Å². The molecule has 2 unspecified atom stereocenters. The lowest BCUT2D eigenvalue weighted by atomic mass is 9.98. The molecule has 122 valence electrons. The zero-order chi connectivity index (χ0) is 16.1. The first kappa shape index (κ1) is 15.1. The highest BCUT2D eigenvalue weighted by Gasteiger charge is 2.37. The van der Waals surface area contributed by atoms with Crippen LogP contribution >= 0.6 is 11.3 Å². The number of benzene rings is 1. The van der Waals surface area contributed by atoms with Crippen LogP contribution in [0.5, 0.6) is 0 Å². The van der Waals surface area contributed by atoms with Crippen molar-refractivity contribution in [3.05, 3.63) is 34.5 Å². The number of fused-ring (bicyclic) bond motifs is 3. The predicted molar refractivity (Wildman–Crippen MR) is 91.6 cm³/mol. The Balaban J connectivity index is 1.62. The lowest BCUT2D eigenvalue weighted by molar-refractivity contribution is 0.0686. The molecule has 2 aliphatic heterocycles. The van der Waals surface area contributed by atoms with Gasteiger partial charge in [-0.1, -0.05) is 0 Å². The Morgan fingerprint density at radius 2 is 2.00 bits per heavy atom. The first-order valence-corrected chi connectivity index (χ1v) is 9.06. The molecular weight excluding hydrogens is 311 g/mol. The molecule has 23 heavy (non-hydrogen) atoms. The van der Waals surface area contributed by atoms with Crippen LogP contribution in [0.3, 0.4) is 0 Å². The summed E-state index contributed by atoms with van der Waals surface area (Å²) in [4.78, 5) is 15.6. The zero-order valence-corrected chi connectivity index (χ0v) is 14.3. The van der Waals surface area contributed by atoms with Crippen molar-refractivity contribution < 1.29 is 9.18 Å². The standard InChI is InChI=1S/C18H21FN2OS/c1-10-15-7-11(19)3-6-16(15)23-17(10)18(22)21(2)14-8-12-4-5-13(9-14)20-12/h3,6-7,12-14,20H,4-5,8-9H2,1-2H3. The largest absolute Gasteiger partial charge is 0.338 e. The smallest absolute Gasteiger partial charge is 0.264 e. The van der Waals surface area contributed by atoms with Gasteiger partial charge in [0.1, 0.15) is 5.82 Å². The van der Waals surface area contributed by atoms with E-state index in [9.17, 15) is 9.18 Å². The summed E-state index contributed by atoms with van der Waals surface area (Å²) in [5, 5.41) is 4.47. The number of hydrogen-bond acceptors (Lipinski definition) is 3. The fourth-order valence-corrected chi connectivity index (χ4v) is 5.24. The van der Waals surface area contributed by atoms with Crippen LogP contribution < -0.4 is 5.32 Å². The maximum Gasteiger partial charge on any atom is 0.264 e. The Bertz CT molecular complexity index is 760. The van der Waals surface area contributed by atoms with E-state index in [4.69, 9.17) is 0 Å². The molecule has 2 fully saturated rings. The highest BCUT2D eigenvalue weighted by Crippen LogP contribution is 2.34. The van der Waals surface area contributed by atoms with Gasteiger partial charge in [0.15, 0.2) is 0 Å². The van der Waals surface area contributed by atoms with Gasteiger partial charge in [-0.2, -0.15) is 0 Å². The summed E-state index contributed by atoms with van der Waals surface area (Å²) in [6, 6.07) is 6.19. The molecule has 0 aliphatic carbocycles. The molecule has 2 bridgehead atoms. The highest BCUT2D eigenvalue weighted by molar-refractivity contribution is 7.21. The number of aryl methyl sites for hydroxylation is 1. The van der Waals surface area contributed by atoms with Gasteiger partial charge < -0.3 is 10.2 Å². The average molecular weight is 332 g/mol. The van der Waals surface area contributed by atoms with Crippen LogP contribution in [0.25, 0.3) is 10.1 Å². The highest BCUT2D eigenvalue weighted by atomic mass is 32.1. The van der Waals surface area contributed by atoms with Crippen molar-refractivity contribution in [1.29, 1.82) is 0 Å². The molecule has 1 N–H and O–H groups in total. The maximum absolute atomic E-state index is 13.5. The summed E-state index contributed by atoms with van der Waals surface area (Å²) in [7, 11) is 1.92. The number of rotatable bonds is 2. The SMILES string of the molecule is Cc1c(C(=O)N(C)C2CC3CCC(C2)N3)sc2ccc(F)cc12. The van der Waals surface area contributed by atoms with Gasteiger partial charge >= 0.3 is 0 Å². The van der Waals surface area contributed by atoms with Crippen LogP contribution in [0.15, 0.2) is 18.2 Å². The fourth-order valence-electron chi connectivity index (χ4n) is 4.07.